The maximum atomic E-state index is 13.6. The highest BCUT2D eigenvalue weighted by molar-refractivity contribution is 6.51. The molecule has 2 atom stereocenters. The van der Waals surface area contributed by atoms with Crippen molar-refractivity contribution in [1.82, 2.24) is 19.4 Å². The molecule has 3 aliphatic rings. The zero-order valence-corrected chi connectivity index (χ0v) is 23.2. The minimum atomic E-state index is -0.549. The molecular formula is C32H32N4O4. The van der Waals surface area contributed by atoms with Crippen LogP contribution in [0.3, 0.4) is 0 Å². The SMILES string of the molecule is Cn1cc(C2=C(c3c4n(c5ccccc35)C[C@H]3CN(C(=O)OC(C)(C)C)C[C@H]3C4)C(=O)NC2=O)c2ccccc21. The zero-order valence-electron chi connectivity index (χ0n) is 23.2. The van der Waals surface area contributed by atoms with E-state index in [9.17, 15) is 14.4 Å². The standard InChI is InChI=1S/C32H32N4O4/c1-32(2,3)40-31(39)35-14-18-13-25-26(21-10-6-8-12-24(21)36(25)16-19(18)15-35)28-27(29(37)33-30(28)38)22-17-34(4)23-11-7-5-9-20(22)23/h5-12,17-19H,13-16H2,1-4H3,(H,33,37,38)/t18-,19-/m1/s1. The Balaban J connectivity index is 1.38. The summed E-state index contributed by atoms with van der Waals surface area (Å²) in [7, 11) is 1.95. The molecule has 1 fully saturated rings. The summed E-state index contributed by atoms with van der Waals surface area (Å²) in [5.74, 6) is -0.207. The first-order valence-corrected chi connectivity index (χ1v) is 13.8. The lowest BCUT2D eigenvalue weighted by Crippen LogP contribution is -2.35. The van der Waals surface area contributed by atoms with Gasteiger partial charge in [-0.1, -0.05) is 36.4 Å². The van der Waals surface area contributed by atoms with Crippen LogP contribution in [0.2, 0.25) is 0 Å². The molecular weight excluding hydrogens is 504 g/mol. The number of imide groups is 1. The zero-order chi connectivity index (χ0) is 27.9. The summed E-state index contributed by atoms with van der Waals surface area (Å²) in [4.78, 5) is 41.7. The van der Waals surface area contributed by atoms with Crippen molar-refractivity contribution < 1.29 is 19.1 Å². The fraction of sp³-hybridized carbons (Fsp3) is 0.344. The predicted molar refractivity (Wildman–Crippen MR) is 153 cm³/mol. The number of carbonyl (C=O) groups is 3. The van der Waals surface area contributed by atoms with Gasteiger partial charge in [0.05, 0.1) is 11.1 Å². The molecule has 0 radical (unpaired) electrons. The number of aromatic nitrogens is 2. The lowest BCUT2D eigenvalue weighted by atomic mass is 9.85. The summed E-state index contributed by atoms with van der Waals surface area (Å²) in [5.41, 5.74) is 4.98. The lowest BCUT2D eigenvalue weighted by molar-refractivity contribution is -0.122. The van der Waals surface area contributed by atoms with E-state index in [-0.39, 0.29) is 29.7 Å². The maximum Gasteiger partial charge on any atom is 0.410 e. The molecule has 0 aliphatic carbocycles. The van der Waals surface area contributed by atoms with Gasteiger partial charge in [0.2, 0.25) is 0 Å². The van der Waals surface area contributed by atoms with Crippen LogP contribution < -0.4 is 5.32 Å². The third-order valence-electron chi connectivity index (χ3n) is 8.53. The van der Waals surface area contributed by atoms with Crippen LogP contribution in [0.25, 0.3) is 33.0 Å². The first kappa shape index (κ1) is 24.7. The first-order chi connectivity index (χ1) is 19.1. The number of amides is 3. The quantitative estimate of drug-likeness (QED) is 0.375. The van der Waals surface area contributed by atoms with Gasteiger partial charge in [0.25, 0.3) is 11.8 Å². The Morgan fingerprint density at radius 1 is 0.875 bits per heavy atom. The molecule has 3 aliphatic heterocycles. The molecule has 204 valence electrons. The molecule has 3 amide bonds. The summed E-state index contributed by atoms with van der Waals surface area (Å²) >= 11 is 0. The molecule has 0 saturated carbocycles. The van der Waals surface area contributed by atoms with E-state index in [1.54, 1.807) is 0 Å². The summed E-state index contributed by atoms with van der Waals surface area (Å²) in [5, 5.41) is 4.50. The molecule has 4 aromatic rings. The van der Waals surface area contributed by atoms with E-state index >= 15 is 0 Å². The van der Waals surface area contributed by atoms with Gasteiger partial charge in [0.15, 0.2) is 0 Å². The van der Waals surface area contributed by atoms with E-state index in [0.717, 1.165) is 45.2 Å². The average Bonchev–Trinajstić information content (AvgIpc) is 3.63. The summed E-state index contributed by atoms with van der Waals surface area (Å²) in [6.07, 6.45) is 2.37. The van der Waals surface area contributed by atoms with Crippen LogP contribution in [-0.4, -0.2) is 50.6 Å². The van der Waals surface area contributed by atoms with E-state index in [0.29, 0.717) is 30.7 Å². The van der Waals surface area contributed by atoms with Crippen molar-refractivity contribution in [2.75, 3.05) is 13.1 Å². The Kier molecular flexibility index (Phi) is 5.30. The van der Waals surface area contributed by atoms with Crippen LogP contribution in [-0.2, 0) is 34.3 Å². The van der Waals surface area contributed by atoms with Crippen molar-refractivity contribution in [3.05, 3.63) is 71.5 Å². The highest BCUT2D eigenvalue weighted by atomic mass is 16.6. The molecule has 8 nitrogen and oxygen atoms in total. The van der Waals surface area contributed by atoms with Gasteiger partial charge < -0.3 is 18.8 Å². The molecule has 2 aromatic heterocycles. The molecule has 5 heterocycles. The van der Waals surface area contributed by atoms with E-state index in [1.165, 1.54) is 0 Å². The van der Waals surface area contributed by atoms with Gasteiger partial charge in [-0.3, -0.25) is 14.9 Å². The Morgan fingerprint density at radius 3 is 2.27 bits per heavy atom. The molecule has 40 heavy (non-hydrogen) atoms. The van der Waals surface area contributed by atoms with Crippen LogP contribution in [0.15, 0.2) is 54.7 Å². The third-order valence-corrected chi connectivity index (χ3v) is 8.53. The normalized spacial score (nSPS) is 20.9. The number of carbonyl (C=O) groups excluding carboxylic acids is 3. The van der Waals surface area contributed by atoms with Gasteiger partial charge in [-0.2, -0.15) is 0 Å². The van der Waals surface area contributed by atoms with Gasteiger partial charge in [0, 0.05) is 71.5 Å². The molecule has 2 aromatic carbocycles. The topological polar surface area (TPSA) is 85.6 Å². The van der Waals surface area contributed by atoms with Crippen molar-refractivity contribution in [2.24, 2.45) is 18.9 Å². The Labute approximate surface area is 232 Å². The molecule has 1 saturated heterocycles. The van der Waals surface area contributed by atoms with Crippen LogP contribution in [0.1, 0.15) is 37.6 Å². The van der Waals surface area contributed by atoms with Crippen LogP contribution in [0, 0.1) is 11.8 Å². The van der Waals surface area contributed by atoms with Crippen LogP contribution >= 0.6 is 0 Å². The van der Waals surface area contributed by atoms with Crippen LogP contribution in [0.4, 0.5) is 4.79 Å². The van der Waals surface area contributed by atoms with Crippen molar-refractivity contribution in [3.8, 4) is 0 Å². The number of nitrogens with zero attached hydrogens (tertiary/aromatic N) is 3. The number of aryl methyl sites for hydroxylation is 1. The lowest BCUT2D eigenvalue weighted by Gasteiger charge is -2.28. The van der Waals surface area contributed by atoms with Gasteiger partial charge in [0.1, 0.15) is 5.60 Å². The molecule has 0 unspecified atom stereocenters. The second-order valence-electron chi connectivity index (χ2n) is 12.3. The first-order valence-electron chi connectivity index (χ1n) is 13.8. The minimum absolute atomic E-state index is 0.241. The van der Waals surface area contributed by atoms with Gasteiger partial charge in [-0.05, 0) is 51.2 Å². The molecule has 7 rings (SSSR count). The van der Waals surface area contributed by atoms with Crippen molar-refractivity contribution >= 4 is 50.9 Å². The second kappa shape index (κ2) is 8.58. The predicted octanol–water partition coefficient (Wildman–Crippen LogP) is 4.74. The fourth-order valence-corrected chi connectivity index (χ4v) is 6.88. The largest absolute Gasteiger partial charge is 0.444 e. The maximum absolute atomic E-state index is 13.6. The van der Waals surface area contributed by atoms with E-state index < -0.39 is 5.60 Å². The second-order valence-corrected chi connectivity index (χ2v) is 12.3. The van der Waals surface area contributed by atoms with E-state index in [4.69, 9.17) is 4.74 Å². The summed E-state index contributed by atoms with van der Waals surface area (Å²) < 4.78 is 9.96. The number of para-hydroxylation sites is 2. The molecule has 1 N–H and O–H groups in total. The fourth-order valence-electron chi connectivity index (χ4n) is 6.88. The highest BCUT2D eigenvalue weighted by Gasteiger charge is 2.43. The molecule has 0 bridgehead atoms. The number of benzene rings is 2. The van der Waals surface area contributed by atoms with Gasteiger partial charge >= 0.3 is 6.09 Å². The van der Waals surface area contributed by atoms with Crippen molar-refractivity contribution in [2.45, 2.75) is 39.3 Å². The number of hydrogen-bond donors (Lipinski definition) is 1. The third kappa shape index (κ3) is 3.69. The van der Waals surface area contributed by atoms with Crippen molar-refractivity contribution in [1.29, 1.82) is 0 Å². The number of hydrogen-bond acceptors (Lipinski definition) is 4. The Morgan fingerprint density at radius 2 is 1.52 bits per heavy atom. The van der Waals surface area contributed by atoms with Crippen molar-refractivity contribution in [3.63, 3.8) is 0 Å². The minimum Gasteiger partial charge on any atom is -0.444 e. The number of rotatable bonds is 2. The van der Waals surface area contributed by atoms with E-state index in [1.807, 2.05) is 85.9 Å². The van der Waals surface area contributed by atoms with E-state index in [2.05, 4.69) is 16.0 Å². The summed E-state index contributed by atoms with van der Waals surface area (Å²) in [6, 6.07) is 16.0. The summed E-state index contributed by atoms with van der Waals surface area (Å²) in [6.45, 7) is 7.64. The Bertz CT molecular complexity index is 1780. The monoisotopic (exact) mass is 536 g/mol. The van der Waals surface area contributed by atoms with Crippen LogP contribution in [0.5, 0.6) is 0 Å². The number of ether oxygens (including phenoxy) is 1. The van der Waals surface area contributed by atoms with Gasteiger partial charge in [-0.25, -0.2) is 4.79 Å². The number of fused-ring (bicyclic) bond motifs is 5. The number of likely N-dealkylation sites (tertiary alicyclic amines) is 1. The smallest absolute Gasteiger partial charge is 0.410 e. The average molecular weight is 537 g/mol. The van der Waals surface area contributed by atoms with Gasteiger partial charge in [-0.15, -0.1) is 0 Å². The molecule has 0 spiro atoms. The Hall–Kier alpha value is -4.33. The molecule has 8 heteroatoms. The highest BCUT2D eigenvalue weighted by Crippen LogP contribution is 2.45. The number of nitrogens with one attached hydrogen (secondary N) is 1.